The van der Waals surface area contributed by atoms with Gasteiger partial charge in [0.15, 0.2) is 0 Å². The van der Waals surface area contributed by atoms with Gasteiger partial charge in [-0.25, -0.2) is 0 Å². The smallest absolute Gasteiger partial charge is 0.461 e. The Morgan fingerprint density at radius 2 is 1.50 bits per heavy atom. The van der Waals surface area contributed by atoms with Crippen LogP contribution in [0.3, 0.4) is 0 Å². The highest BCUT2D eigenvalue weighted by atomic mass is 16.5. The summed E-state index contributed by atoms with van der Waals surface area (Å²) < 4.78 is 6.21. The van der Waals surface area contributed by atoms with E-state index in [1.54, 1.807) is 6.08 Å². The van der Waals surface area contributed by atoms with Crippen molar-refractivity contribution in [1.29, 1.82) is 0 Å². The highest BCUT2D eigenvalue weighted by Gasteiger charge is 2.39. The lowest BCUT2D eigenvalue weighted by Crippen LogP contribution is -2.44. The number of nitrogens with zero attached hydrogens (tertiary/aromatic N) is 3. The first-order valence-electron chi connectivity index (χ1n) is 12.1. The summed E-state index contributed by atoms with van der Waals surface area (Å²) in [6.45, 7) is 32.7. The van der Waals surface area contributed by atoms with Gasteiger partial charge in [0.25, 0.3) is 0 Å². The molecule has 1 aromatic rings. The number of hydrogen-bond donors (Lipinski definition) is 0. The zero-order chi connectivity index (χ0) is 24.9. The molecule has 4 heteroatoms. The van der Waals surface area contributed by atoms with Crippen LogP contribution in [0.1, 0.15) is 78.0 Å². The number of anilines is 1. The summed E-state index contributed by atoms with van der Waals surface area (Å²) in [5.41, 5.74) is 6.12. The van der Waals surface area contributed by atoms with Crippen LogP contribution in [0, 0.1) is 18.6 Å². The number of hydrogen-bond acceptors (Lipinski definition) is 2. The molecule has 0 fully saturated rings. The summed E-state index contributed by atoms with van der Waals surface area (Å²) in [7, 11) is 0. The molecule has 4 nitrogen and oxygen atoms in total. The van der Waals surface area contributed by atoms with E-state index < -0.39 is 0 Å². The minimum Gasteiger partial charge on any atom is -0.461 e. The summed E-state index contributed by atoms with van der Waals surface area (Å²) in [5.74, 6) is 1.48. The van der Waals surface area contributed by atoms with E-state index in [-0.39, 0.29) is 22.1 Å². The third-order valence-corrected chi connectivity index (χ3v) is 7.38. The van der Waals surface area contributed by atoms with Crippen molar-refractivity contribution in [2.45, 2.75) is 72.1 Å². The van der Waals surface area contributed by atoms with Crippen molar-refractivity contribution in [2.75, 3.05) is 18.0 Å². The monoisotopic (exact) mass is 453 g/mol. The average Bonchev–Trinajstić information content (AvgIpc) is 2.76. The molecule has 0 bridgehead atoms. The van der Waals surface area contributed by atoms with E-state index in [9.17, 15) is 0 Å². The molecular weight excluding hydrogens is 418 g/mol. The molecule has 0 saturated carbocycles. The number of ether oxygens (including phenoxy) is 1. The van der Waals surface area contributed by atoms with Gasteiger partial charge in [-0.2, -0.15) is 9.69 Å². The molecule has 0 unspecified atom stereocenters. The molecule has 3 aliphatic heterocycles. The highest BCUT2D eigenvalue weighted by Crippen LogP contribution is 2.49. The molecule has 4 rings (SSSR count). The Kier molecular flexibility index (Phi) is 5.77. The maximum absolute atomic E-state index is 7.38. The molecule has 0 saturated heterocycles. The van der Waals surface area contributed by atoms with Crippen molar-refractivity contribution in [3.05, 3.63) is 92.8 Å². The molecule has 176 valence electrons. The molecule has 3 heterocycles. The van der Waals surface area contributed by atoms with Crippen LogP contribution in [0.25, 0.3) is 15.8 Å². The summed E-state index contributed by atoms with van der Waals surface area (Å²) >= 11 is 0. The van der Waals surface area contributed by atoms with Crippen LogP contribution in [0.2, 0.25) is 0 Å². The van der Waals surface area contributed by atoms with E-state index in [1.165, 1.54) is 16.8 Å². The molecule has 0 aromatic heterocycles. The van der Waals surface area contributed by atoms with Crippen molar-refractivity contribution in [3.63, 3.8) is 0 Å². The molecule has 3 aliphatic rings. The van der Waals surface area contributed by atoms with Gasteiger partial charge in [-0.05, 0) is 70.7 Å². The zero-order valence-electron chi connectivity index (χ0n) is 21.5. The van der Waals surface area contributed by atoms with Crippen LogP contribution in [0.5, 0.6) is 0 Å². The van der Waals surface area contributed by atoms with E-state index in [4.69, 9.17) is 17.9 Å². The number of allylic oxidation sites excluding steroid dienone is 5. The van der Waals surface area contributed by atoms with Gasteiger partial charge >= 0.3 is 5.82 Å². The van der Waals surface area contributed by atoms with Gasteiger partial charge < -0.3 is 9.64 Å². The van der Waals surface area contributed by atoms with Gasteiger partial charge in [-0.3, -0.25) is 0 Å². The molecule has 0 atom stereocenters. The Morgan fingerprint density at radius 1 is 0.941 bits per heavy atom. The van der Waals surface area contributed by atoms with Crippen LogP contribution in [-0.2, 0) is 15.6 Å². The van der Waals surface area contributed by atoms with Crippen molar-refractivity contribution >= 4 is 11.8 Å². The van der Waals surface area contributed by atoms with Crippen molar-refractivity contribution in [3.8, 4) is 0 Å². The highest BCUT2D eigenvalue weighted by molar-refractivity contribution is 5.72. The van der Waals surface area contributed by atoms with Gasteiger partial charge in [0.05, 0.1) is 5.57 Å². The third-order valence-electron chi connectivity index (χ3n) is 7.38. The summed E-state index contributed by atoms with van der Waals surface area (Å²) in [6, 6.07) is 4.68. The summed E-state index contributed by atoms with van der Waals surface area (Å²) in [4.78, 5) is 9.41. The minimum absolute atomic E-state index is 0.0674. The number of benzene rings is 1. The Balaban J connectivity index is 1.79. The first-order chi connectivity index (χ1) is 15.9. The molecule has 0 spiro atoms. The molecule has 34 heavy (non-hydrogen) atoms. The van der Waals surface area contributed by atoms with Gasteiger partial charge in [-0.15, -0.1) is 0 Å². The third kappa shape index (κ3) is 4.30. The standard InChI is InChI=1S/C30H35N3O/c1-28(2,3)25-19-21(27(31-8)32-9)18-22(34-25)11-10-20-16-23-26-24(17-20)30(6,7)13-15-33(26)14-12-29(23,4)5/h10-11,16-19H,12-15H2,1-7H3. The fourth-order valence-corrected chi connectivity index (χ4v) is 4.99. The maximum atomic E-state index is 7.38. The van der Waals surface area contributed by atoms with Crippen LogP contribution in [0.4, 0.5) is 5.69 Å². The Bertz CT molecular complexity index is 1180. The molecule has 0 radical (unpaired) electrons. The average molecular weight is 454 g/mol. The van der Waals surface area contributed by atoms with Crippen molar-refractivity contribution < 1.29 is 4.74 Å². The van der Waals surface area contributed by atoms with Gasteiger partial charge in [0.2, 0.25) is 0 Å². The zero-order valence-corrected chi connectivity index (χ0v) is 21.5. The lowest BCUT2D eigenvalue weighted by molar-refractivity contribution is 0.223. The van der Waals surface area contributed by atoms with E-state index in [2.05, 4.69) is 81.3 Å². The Morgan fingerprint density at radius 3 is 2.00 bits per heavy atom. The normalized spacial score (nSPS) is 20.5. The van der Waals surface area contributed by atoms with Gasteiger partial charge in [0.1, 0.15) is 24.7 Å². The molecule has 1 aromatic carbocycles. The quantitative estimate of drug-likeness (QED) is 0.427. The fourth-order valence-electron chi connectivity index (χ4n) is 4.99. The van der Waals surface area contributed by atoms with E-state index in [1.807, 2.05) is 12.2 Å². The van der Waals surface area contributed by atoms with Crippen LogP contribution >= 0.6 is 0 Å². The van der Waals surface area contributed by atoms with Crippen LogP contribution in [0.15, 0.2) is 53.3 Å². The second kappa shape index (κ2) is 8.21. The molecule has 0 aliphatic carbocycles. The lowest BCUT2D eigenvalue weighted by atomic mass is 9.69. The molecular formula is C30H35N3O. The van der Waals surface area contributed by atoms with Gasteiger partial charge in [0, 0.05) is 24.2 Å². The largest absolute Gasteiger partial charge is 0.526 e. The van der Waals surface area contributed by atoms with Gasteiger partial charge in [-0.1, -0.05) is 54.5 Å². The SMILES string of the molecule is [C-]#[N+]C([N+]#[C-])=C1C=C(C=Cc2cc3c4c(c2)C(C)(C)CCN4CCC3(C)C)OC(C(C)(C)C)=C1. The predicted octanol–water partition coefficient (Wildman–Crippen LogP) is 7.76. The van der Waals surface area contributed by atoms with Crippen LogP contribution in [-0.4, -0.2) is 13.1 Å². The van der Waals surface area contributed by atoms with Crippen LogP contribution < -0.4 is 4.90 Å². The van der Waals surface area contributed by atoms with Crippen molar-refractivity contribution in [1.82, 2.24) is 0 Å². The first kappa shape index (κ1) is 23.9. The predicted molar refractivity (Wildman–Crippen MR) is 140 cm³/mol. The van der Waals surface area contributed by atoms with E-state index >= 15 is 0 Å². The Hall–Kier alpha value is -3.24. The molecule has 0 N–H and O–H groups in total. The van der Waals surface area contributed by atoms with Crippen molar-refractivity contribution in [2.24, 2.45) is 5.41 Å². The fraction of sp³-hybridized carbons (Fsp3) is 0.467. The second-order valence-corrected chi connectivity index (χ2v) is 12.0. The number of rotatable bonds is 2. The first-order valence-corrected chi connectivity index (χ1v) is 12.1. The maximum Gasteiger partial charge on any atom is 0.526 e. The minimum atomic E-state index is -0.235. The van der Waals surface area contributed by atoms with E-state index in [0.717, 1.165) is 37.3 Å². The topological polar surface area (TPSA) is 21.2 Å². The Labute approximate surface area is 204 Å². The molecule has 0 amide bonds. The second-order valence-electron chi connectivity index (χ2n) is 12.0. The van der Waals surface area contributed by atoms with E-state index in [0.29, 0.717) is 11.3 Å². The summed E-state index contributed by atoms with van der Waals surface area (Å²) in [6.07, 6.45) is 10.0. The lowest BCUT2D eigenvalue weighted by Gasteiger charge is -2.48. The summed E-state index contributed by atoms with van der Waals surface area (Å²) in [5, 5.41) is 0.